The minimum absolute atomic E-state index is 0. The van der Waals surface area contributed by atoms with E-state index >= 15 is 0 Å². The van der Waals surface area contributed by atoms with Crippen molar-refractivity contribution in [2.75, 3.05) is 19.8 Å². The maximum atomic E-state index is 14.5. The van der Waals surface area contributed by atoms with E-state index in [1.807, 2.05) is 0 Å². The van der Waals surface area contributed by atoms with Crippen LogP contribution in [-0.2, 0) is 28.8 Å². The number of hydrogen-bond donors (Lipinski definition) is 2. The number of benzene rings is 2. The van der Waals surface area contributed by atoms with Gasteiger partial charge >= 0.3 is 5.97 Å². The van der Waals surface area contributed by atoms with E-state index < -0.39 is 23.7 Å². The standard InChI is InChI=1S/C29H39F2NO4.ClH/c1-4-29(5-2,17-20-15-22-9-7-8-10-23(22)16-20)32-18-24(33)19-36-25-13-11-21(27(30)28(25)31)12-14-26(34)35-6-3;/h7-11,13,20,24,32-33H,4-6,12,14-19H2,1-3H3;1H/t24-;/m1./s1. The molecule has 0 radical (unpaired) electrons. The van der Waals surface area contributed by atoms with Gasteiger partial charge in [0.2, 0.25) is 5.82 Å². The number of β-amino-alcohol motifs (C(OH)–C–C–N with tert-alkyl or cyclic N) is 1. The molecule has 0 saturated heterocycles. The van der Waals surface area contributed by atoms with Crippen molar-refractivity contribution in [3.05, 3.63) is 64.7 Å². The predicted octanol–water partition coefficient (Wildman–Crippen LogP) is 5.58. The number of ether oxygens (including phenoxy) is 2. The maximum absolute atomic E-state index is 14.5. The van der Waals surface area contributed by atoms with Gasteiger partial charge in [-0.25, -0.2) is 4.39 Å². The zero-order valence-electron chi connectivity index (χ0n) is 22.0. The monoisotopic (exact) mass is 539 g/mol. The van der Waals surface area contributed by atoms with Crippen molar-refractivity contribution in [1.29, 1.82) is 0 Å². The Morgan fingerprint density at radius 2 is 1.73 bits per heavy atom. The van der Waals surface area contributed by atoms with Crippen LogP contribution in [0, 0.1) is 17.6 Å². The number of rotatable bonds is 14. The molecule has 0 aromatic heterocycles. The molecule has 37 heavy (non-hydrogen) atoms. The lowest BCUT2D eigenvalue weighted by Crippen LogP contribution is -2.49. The van der Waals surface area contributed by atoms with Crippen molar-refractivity contribution in [2.45, 2.75) is 77.4 Å². The minimum atomic E-state index is -1.12. The topological polar surface area (TPSA) is 67.8 Å². The number of nitrogens with one attached hydrogen (secondary N) is 1. The molecule has 0 aliphatic heterocycles. The number of carbonyl (C=O) groups excluding carboxylic acids is 1. The fourth-order valence-corrected chi connectivity index (χ4v) is 5.13. The Morgan fingerprint density at radius 1 is 1.08 bits per heavy atom. The van der Waals surface area contributed by atoms with E-state index in [-0.39, 0.29) is 55.3 Å². The quantitative estimate of drug-likeness (QED) is 0.307. The number of aliphatic hydroxyl groups excluding tert-OH is 1. The molecule has 2 aromatic carbocycles. The average Bonchev–Trinajstić information content (AvgIpc) is 3.29. The molecule has 1 aliphatic rings. The SMILES string of the molecule is CCOC(=O)CCc1ccc(OC[C@H](O)CNC(CC)(CC)CC2Cc3ccccc3C2)c(F)c1F.Cl. The zero-order valence-corrected chi connectivity index (χ0v) is 22.8. The Hall–Kier alpha value is -2.22. The molecule has 0 amide bonds. The number of carbonyl (C=O) groups is 1. The third-order valence-corrected chi connectivity index (χ3v) is 7.34. The smallest absolute Gasteiger partial charge is 0.306 e. The molecule has 0 bridgehead atoms. The van der Waals surface area contributed by atoms with Crippen LogP contribution in [0.5, 0.6) is 5.75 Å². The van der Waals surface area contributed by atoms with E-state index in [4.69, 9.17) is 9.47 Å². The summed E-state index contributed by atoms with van der Waals surface area (Å²) in [6.07, 6.45) is 4.14. The summed E-state index contributed by atoms with van der Waals surface area (Å²) < 4.78 is 39.2. The highest BCUT2D eigenvalue weighted by molar-refractivity contribution is 5.85. The van der Waals surface area contributed by atoms with Gasteiger partial charge in [0.1, 0.15) is 12.7 Å². The molecule has 1 aliphatic carbocycles. The average molecular weight is 540 g/mol. The number of aryl methyl sites for hydroxylation is 1. The molecular weight excluding hydrogens is 500 g/mol. The minimum Gasteiger partial charge on any atom is -0.488 e. The first-order chi connectivity index (χ1) is 17.3. The van der Waals surface area contributed by atoms with E-state index in [0.717, 1.165) is 32.1 Å². The fraction of sp³-hybridized carbons (Fsp3) is 0.552. The van der Waals surface area contributed by atoms with Crippen LogP contribution in [0.2, 0.25) is 0 Å². The Morgan fingerprint density at radius 3 is 2.32 bits per heavy atom. The summed E-state index contributed by atoms with van der Waals surface area (Å²) in [6.45, 7) is 6.37. The highest BCUT2D eigenvalue weighted by Gasteiger charge is 2.32. The molecule has 5 nitrogen and oxygen atoms in total. The number of halogens is 3. The molecule has 0 fully saturated rings. The highest BCUT2D eigenvalue weighted by Crippen LogP contribution is 2.34. The molecular formula is C29H40ClF2NO4. The van der Waals surface area contributed by atoms with E-state index in [1.54, 1.807) is 6.92 Å². The molecule has 0 saturated carbocycles. The number of hydrogen-bond acceptors (Lipinski definition) is 5. The van der Waals surface area contributed by atoms with Crippen molar-refractivity contribution in [1.82, 2.24) is 5.32 Å². The molecule has 206 valence electrons. The lowest BCUT2D eigenvalue weighted by molar-refractivity contribution is -0.143. The summed E-state index contributed by atoms with van der Waals surface area (Å²) in [5, 5.41) is 14.1. The van der Waals surface area contributed by atoms with Crippen molar-refractivity contribution >= 4 is 18.4 Å². The summed E-state index contributed by atoms with van der Waals surface area (Å²) in [7, 11) is 0. The van der Waals surface area contributed by atoms with E-state index in [9.17, 15) is 18.7 Å². The van der Waals surface area contributed by atoms with E-state index in [0.29, 0.717) is 12.5 Å². The zero-order chi connectivity index (χ0) is 26.1. The molecule has 8 heteroatoms. The fourth-order valence-electron chi connectivity index (χ4n) is 5.13. The van der Waals surface area contributed by atoms with Gasteiger partial charge in [-0.3, -0.25) is 4.79 Å². The Kier molecular flexibility index (Phi) is 12.3. The normalized spacial score (nSPS) is 14.1. The van der Waals surface area contributed by atoms with Crippen LogP contribution in [0.4, 0.5) is 8.78 Å². The van der Waals surface area contributed by atoms with Crippen LogP contribution >= 0.6 is 12.4 Å². The second-order valence-electron chi connectivity index (χ2n) is 9.74. The molecule has 2 N–H and O–H groups in total. The van der Waals surface area contributed by atoms with Crippen molar-refractivity contribution in [2.24, 2.45) is 5.92 Å². The molecule has 0 unspecified atom stereocenters. The van der Waals surface area contributed by atoms with E-state index in [2.05, 4.69) is 43.4 Å². The van der Waals surface area contributed by atoms with Crippen LogP contribution in [-0.4, -0.2) is 42.5 Å². The maximum Gasteiger partial charge on any atom is 0.306 e. The summed E-state index contributed by atoms with van der Waals surface area (Å²) >= 11 is 0. The van der Waals surface area contributed by atoms with Gasteiger partial charge in [-0.2, -0.15) is 4.39 Å². The van der Waals surface area contributed by atoms with Gasteiger partial charge in [-0.1, -0.05) is 44.2 Å². The number of esters is 1. The first-order valence-electron chi connectivity index (χ1n) is 13.1. The molecule has 3 rings (SSSR count). The second kappa shape index (κ2) is 14.6. The summed E-state index contributed by atoms with van der Waals surface area (Å²) in [4.78, 5) is 11.5. The summed E-state index contributed by atoms with van der Waals surface area (Å²) in [6, 6.07) is 11.3. The van der Waals surface area contributed by atoms with Crippen LogP contribution < -0.4 is 10.1 Å². The highest BCUT2D eigenvalue weighted by atomic mass is 35.5. The van der Waals surface area contributed by atoms with Gasteiger partial charge in [0.15, 0.2) is 11.6 Å². The van der Waals surface area contributed by atoms with Gasteiger partial charge in [0, 0.05) is 18.5 Å². The summed E-state index contributed by atoms with van der Waals surface area (Å²) in [5.74, 6) is -2.32. The van der Waals surface area contributed by atoms with Gasteiger partial charge in [0.25, 0.3) is 0 Å². The first-order valence-corrected chi connectivity index (χ1v) is 13.1. The number of aliphatic hydroxyl groups is 1. The predicted molar refractivity (Wildman–Crippen MR) is 143 cm³/mol. The molecule has 2 aromatic rings. The van der Waals surface area contributed by atoms with Crippen LogP contribution in [0.15, 0.2) is 36.4 Å². The van der Waals surface area contributed by atoms with Gasteiger partial charge in [-0.15, -0.1) is 12.4 Å². The van der Waals surface area contributed by atoms with Gasteiger partial charge < -0.3 is 19.9 Å². The van der Waals surface area contributed by atoms with Crippen LogP contribution in [0.1, 0.15) is 63.1 Å². The van der Waals surface area contributed by atoms with Gasteiger partial charge in [-0.05, 0) is 74.1 Å². The lowest BCUT2D eigenvalue weighted by Gasteiger charge is -2.36. The Labute approximate surface area is 225 Å². The lowest BCUT2D eigenvalue weighted by atomic mass is 9.81. The van der Waals surface area contributed by atoms with Gasteiger partial charge in [0.05, 0.1) is 6.61 Å². The summed E-state index contributed by atoms with van der Waals surface area (Å²) in [5.41, 5.74) is 2.84. The van der Waals surface area contributed by atoms with Crippen molar-refractivity contribution < 1.29 is 28.2 Å². The van der Waals surface area contributed by atoms with Crippen molar-refractivity contribution in [3.8, 4) is 5.75 Å². The third kappa shape index (κ3) is 8.39. The largest absolute Gasteiger partial charge is 0.488 e. The molecule has 0 heterocycles. The Bertz CT molecular complexity index is 990. The molecule has 1 atom stereocenters. The molecule has 0 spiro atoms. The second-order valence-corrected chi connectivity index (χ2v) is 9.74. The van der Waals surface area contributed by atoms with E-state index in [1.165, 1.54) is 23.3 Å². The van der Waals surface area contributed by atoms with Crippen LogP contribution in [0.3, 0.4) is 0 Å². The number of fused-ring (bicyclic) bond motifs is 1. The Balaban J connectivity index is 0.00000481. The van der Waals surface area contributed by atoms with Crippen LogP contribution in [0.25, 0.3) is 0 Å². The third-order valence-electron chi connectivity index (χ3n) is 7.34. The van der Waals surface area contributed by atoms with Crippen molar-refractivity contribution in [3.63, 3.8) is 0 Å². The first kappa shape index (κ1) is 31.0.